The van der Waals surface area contributed by atoms with Gasteiger partial charge in [-0.05, 0) is 25.9 Å². The Kier molecular flexibility index (Phi) is 7.77. The van der Waals surface area contributed by atoms with Crippen molar-refractivity contribution in [2.45, 2.75) is 12.8 Å². The maximum absolute atomic E-state index is 4.76. The summed E-state index contributed by atoms with van der Waals surface area (Å²) >= 11 is 0. The Labute approximate surface area is 121 Å². The molecule has 2 rings (SSSR count). The number of hydrogen-bond acceptors (Lipinski definition) is 6. The zero-order valence-electron chi connectivity index (χ0n) is 12.4. The molecule has 2 aliphatic rings. The van der Waals surface area contributed by atoms with E-state index in [0.29, 0.717) is 0 Å². The highest BCUT2D eigenvalue weighted by molar-refractivity contribution is 6.44. The van der Waals surface area contributed by atoms with E-state index >= 15 is 0 Å². The SMILES string of the molecule is C1CN=C(C2=NCCCNCCNC2)CNCCNC1. The van der Waals surface area contributed by atoms with Gasteiger partial charge in [0.2, 0.25) is 0 Å². The van der Waals surface area contributed by atoms with Crippen LogP contribution in [0.4, 0.5) is 0 Å². The first-order valence-electron chi connectivity index (χ1n) is 7.87. The van der Waals surface area contributed by atoms with Crippen LogP contribution in [-0.4, -0.2) is 76.9 Å². The van der Waals surface area contributed by atoms with Crippen molar-refractivity contribution in [3.05, 3.63) is 0 Å². The maximum Gasteiger partial charge on any atom is 0.0709 e. The molecule has 6 heteroatoms. The highest BCUT2D eigenvalue weighted by Crippen LogP contribution is 1.93. The molecule has 6 nitrogen and oxygen atoms in total. The molecular weight excluding hydrogens is 252 g/mol. The molecule has 0 amide bonds. The van der Waals surface area contributed by atoms with E-state index in [9.17, 15) is 0 Å². The summed E-state index contributed by atoms with van der Waals surface area (Å²) in [5.74, 6) is 0. The average Bonchev–Trinajstić information content (AvgIpc) is 2.50. The molecule has 0 spiro atoms. The van der Waals surface area contributed by atoms with Gasteiger partial charge in [-0.3, -0.25) is 9.98 Å². The second kappa shape index (κ2) is 9.99. The lowest BCUT2D eigenvalue weighted by Gasteiger charge is -2.16. The second-order valence-corrected chi connectivity index (χ2v) is 5.22. The number of nitrogens with one attached hydrogen (secondary N) is 4. The van der Waals surface area contributed by atoms with E-state index in [-0.39, 0.29) is 0 Å². The van der Waals surface area contributed by atoms with E-state index in [2.05, 4.69) is 21.3 Å². The summed E-state index contributed by atoms with van der Waals surface area (Å²) in [6.07, 6.45) is 2.21. The summed E-state index contributed by atoms with van der Waals surface area (Å²) in [6, 6.07) is 0. The van der Waals surface area contributed by atoms with Crippen LogP contribution in [-0.2, 0) is 0 Å². The quantitative estimate of drug-likeness (QED) is 0.499. The first-order chi connectivity index (χ1) is 9.97. The average molecular weight is 280 g/mol. The zero-order valence-corrected chi connectivity index (χ0v) is 12.4. The fraction of sp³-hybridized carbons (Fsp3) is 0.857. The molecule has 0 aliphatic carbocycles. The third-order valence-electron chi connectivity index (χ3n) is 3.50. The molecule has 0 aromatic heterocycles. The fourth-order valence-electron chi connectivity index (χ4n) is 2.35. The first-order valence-corrected chi connectivity index (χ1v) is 7.87. The fourth-order valence-corrected chi connectivity index (χ4v) is 2.35. The lowest BCUT2D eigenvalue weighted by molar-refractivity contribution is 0.609. The van der Waals surface area contributed by atoms with Crippen LogP contribution in [0, 0.1) is 0 Å². The summed E-state index contributed by atoms with van der Waals surface area (Å²) in [4.78, 5) is 9.53. The summed E-state index contributed by atoms with van der Waals surface area (Å²) in [5.41, 5.74) is 2.29. The predicted octanol–water partition coefficient (Wildman–Crippen LogP) is -0.966. The molecule has 2 aliphatic heterocycles. The second-order valence-electron chi connectivity index (χ2n) is 5.22. The van der Waals surface area contributed by atoms with E-state index in [1.807, 2.05) is 0 Å². The molecule has 0 unspecified atom stereocenters. The third kappa shape index (κ3) is 6.09. The predicted molar refractivity (Wildman–Crippen MR) is 85.3 cm³/mol. The van der Waals surface area contributed by atoms with Gasteiger partial charge in [-0.1, -0.05) is 0 Å². The zero-order chi connectivity index (χ0) is 13.9. The highest BCUT2D eigenvalue weighted by Gasteiger charge is 2.10. The van der Waals surface area contributed by atoms with Gasteiger partial charge in [0.1, 0.15) is 0 Å². The van der Waals surface area contributed by atoms with Crippen LogP contribution in [0.25, 0.3) is 0 Å². The minimum atomic E-state index is 0.834. The van der Waals surface area contributed by atoms with Gasteiger partial charge in [0, 0.05) is 52.4 Å². The molecule has 4 N–H and O–H groups in total. The van der Waals surface area contributed by atoms with E-state index in [1.54, 1.807) is 0 Å². The van der Waals surface area contributed by atoms with Crippen molar-refractivity contribution in [2.24, 2.45) is 9.98 Å². The van der Waals surface area contributed by atoms with Crippen LogP contribution in [0.2, 0.25) is 0 Å². The van der Waals surface area contributed by atoms with Crippen LogP contribution in [0.3, 0.4) is 0 Å². The first kappa shape index (κ1) is 15.6. The van der Waals surface area contributed by atoms with E-state index in [0.717, 1.165) is 89.7 Å². The molecule has 0 atom stereocenters. The largest absolute Gasteiger partial charge is 0.315 e. The van der Waals surface area contributed by atoms with Crippen LogP contribution in [0.5, 0.6) is 0 Å². The van der Waals surface area contributed by atoms with Crippen molar-refractivity contribution in [1.82, 2.24) is 21.3 Å². The molecule has 0 radical (unpaired) electrons. The standard InChI is InChI=1S/C14H28N6/c1-3-15-7-9-17-11-13(19-5-1)14-12-18-10-8-16-4-2-6-20-14/h15-18H,1-12H2. The Morgan fingerprint density at radius 2 is 1.00 bits per heavy atom. The topological polar surface area (TPSA) is 72.8 Å². The molecular formula is C14H28N6. The van der Waals surface area contributed by atoms with Gasteiger partial charge in [-0.2, -0.15) is 0 Å². The van der Waals surface area contributed by atoms with Crippen molar-refractivity contribution in [2.75, 3.05) is 65.4 Å². The van der Waals surface area contributed by atoms with Crippen LogP contribution < -0.4 is 21.3 Å². The normalized spacial score (nSPS) is 24.4. The third-order valence-corrected chi connectivity index (χ3v) is 3.50. The molecule has 0 saturated heterocycles. The molecule has 0 aromatic rings. The lowest BCUT2D eigenvalue weighted by atomic mass is 10.2. The Bertz CT molecular complexity index is 294. The van der Waals surface area contributed by atoms with Crippen molar-refractivity contribution >= 4 is 11.4 Å². The Morgan fingerprint density at radius 1 is 0.550 bits per heavy atom. The monoisotopic (exact) mass is 280 g/mol. The van der Waals surface area contributed by atoms with Gasteiger partial charge in [0.25, 0.3) is 0 Å². The van der Waals surface area contributed by atoms with Gasteiger partial charge in [0.05, 0.1) is 11.4 Å². The van der Waals surface area contributed by atoms with Crippen LogP contribution in [0.15, 0.2) is 9.98 Å². The lowest BCUT2D eigenvalue weighted by Crippen LogP contribution is -2.40. The van der Waals surface area contributed by atoms with Crippen molar-refractivity contribution in [3.8, 4) is 0 Å². The number of nitrogens with zero attached hydrogens (tertiary/aromatic N) is 2. The number of rotatable bonds is 1. The molecule has 0 saturated carbocycles. The molecule has 0 fully saturated rings. The molecule has 114 valence electrons. The summed E-state index contributed by atoms with van der Waals surface area (Å²) < 4.78 is 0. The van der Waals surface area contributed by atoms with Crippen molar-refractivity contribution < 1.29 is 0 Å². The Morgan fingerprint density at radius 3 is 1.50 bits per heavy atom. The minimum Gasteiger partial charge on any atom is -0.315 e. The van der Waals surface area contributed by atoms with Gasteiger partial charge in [-0.15, -0.1) is 0 Å². The van der Waals surface area contributed by atoms with E-state index in [1.165, 1.54) is 0 Å². The number of aliphatic imine (C=N–C) groups is 2. The van der Waals surface area contributed by atoms with Crippen LogP contribution in [0.1, 0.15) is 12.8 Å². The van der Waals surface area contributed by atoms with E-state index < -0.39 is 0 Å². The highest BCUT2D eigenvalue weighted by atomic mass is 15.0. The van der Waals surface area contributed by atoms with Crippen LogP contribution >= 0.6 is 0 Å². The minimum absolute atomic E-state index is 0.834. The summed E-state index contributed by atoms with van der Waals surface area (Å²) in [7, 11) is 0. The van der Waals surface area contributed by atoms with Crippen molar-refractivity contribution in [1.29, 1.82) is 0 Å². The van der Waals surface area contributed by atoms with E-state index in [4.69, 9.17) is 9.98 Å². The van der Waals surface area contributed by atoms with Gasteiger partial charge in [-0.25, -0.2) is 0 Å². The smallest absolute Gasteiger partial charge is 0.0709 e. The Balaban J connectivity index is 1.98. The molecule has 20 heavy (non-hydrogen) atoms. The molecule has 2 heterocycles. The molecule has 0 bridgehead atoms. The Hall–Kier alpha value is -0.820. The summed E-state index contributed by atoms with van der Waals surface area (Å²) in [6.45, 7) is 9.60. The van der Waals surface area contributed by atoms with Gasteiger partial charge in [0.15, 0.2) is 0 Å². The molecule has 0 aromatic carbocycles. The van der Waals surface area contributed by atoms with Crippen molar-refractivity contribution in [3.63, 3.8) is 0 Å². The number of hydrogen-bond donors (Lipinski definition) is 4. The summed E-state index contributed by atoms with van der Waals surface area (Å²) in [5, 5.41) is 13.7. The maximum atomic E-state index is 4.76. The van der Waals surface area contributed by atoms with Gasteiger partial charge >= 0.3 is 0 Å². The van der Waals surface area contributed by atoms with Gasteiger partial charge < -0.3 is 21.3 Å².